The zero-order valence-corrected chi connectivity index (χ0v) is 12.9. The molecule has 1 N–H and O–H groups in total. The van der Waals surface area contributed by atoms with E-state index in [0.717, 1.165) is 38.5 Å². The van der Waals surface area contributed by atoms with Crippen molar-refractivity contribution in [2.45, 2.75) is 52.4 Å². The summed E-state index contributed by atoms with van der Waals surface area (Å²) in [6.07, 6.45) is 3.48. The molecule has 1 fully saturated rings. The fourth-order valence-electron chi connectivity index (χ4n) is 2.46. The molecule has 0 aromatic carbocycles. The summed E-state index contributed by atoms with van der Waals surface area (Å²) in [5.74, 6) is 0. The highest BCUT2D eigenvalue weighted by atomic mass is 16.5. The van der Waals surface area contributed by atoms with Crippen LogP contribution in [0.15, 0.2) is 18.3 Å². The highest BCUT2D eigenvalue weighted by Gasteiger charge is 2.23. The molecule has 1 aromatic rings. The summed E-state index contributed by atoms with van der Waals surface area (Å²) in [6.45, 7) is 11.2. The summed E-state index contributed by atoms with van der Waals surface area (Å²) < 4.78 is 5.66. The van der Waals surface area contributed by atoms with Crippen LogP contribution in [0, 0.1) is 0 Å². The van der Waals surface area contributed by atoms with Crippen molar-refractivity contribution in [2.75, 3.05) is 19.7 Å². The van der Waals surface area contributed by atoms with Crippen molar-refractivity contribution in [1.29, 1.82) is 0 Å². The molecule has 2 unspecified atom stereocenters. The fraction of sp³-hybridized carbons (Fsp3) is 0.688. The number of pyridine rings is 1. The first-order chi connectivity index (χ1) is 9.69. The standard InChI is InChI=1S/C16H27N3O/c1-4-7-17-8-15-5-6-16(18-9-15)11-19-10-14(3)20-12-13(19)2/h5-6,9,13-14,17H,4,7-8,10-12H2,1-3H3. The summed E-state index contributed by atoms with van der Waals surface area (Å²) in [4.78, 5) is 7.04. The highest BCUT2D eigenvalue weighted by molar-refractivity contribution is 5.14. The van der Waals surface area contributed by atoms with Crippen molar-refractivity contribution in [1.82, 2.24) is 15.2 Å². The van der Waals surface area contributed by atoms with Gasteiger partial charge in [0.05, 0.1) is 18.4 Å². The van der Waals surface area contributed by atoms with Crippen LogP contribution in [-0.2, 0) is 17.8 Å². The number of hydrogen-bond donors (Lipinski definition) is 1. The van der Waals surface area contributed by atoms with Crippen molar-refractivity contribution in [3.63, 3.8) is 0 Å². The lowest BCUT2D eigenvalue weighted by Gasteiger charge is -2.36. The lowest BCUT2D eigenvalue weighted by atomic mass is 10.2. The maximum atomic E-state index is 5.66. The minimum atomic E-state index is 0.323. The number of hydrogen-bond acceptors (Lipinski definition) is 4. The topological polar surface area (TPSA) is 37.4 Å². The van der Waals surface area contributed by atoms with Crippen LogP contribution in [-0.4, -0.2) is 41.7 Å². The van der Waals surface area contributed by atoms with Gasteiger partial charge in [0.25, 0.3) is 0 Å². The molecule has 1 aromatic heterocycles. The van der Waals surface area contributed by atoms with Crippen LogP contribution in [0.1, 0.15) is 38.4 Å². The Kier molecular flexibility index (Phi) is 5.95. The zero-order chi connectivity index (χ0) is 14.4. The number of nitrogens with one attached hydrogen (secondary N) is 1. The van der Waals surface area contributed by atoms with E-state index in [1.54, 1.807) is 0 Å². The largest absolute Gasteiger partial charge is 0.376 e. The Bertz CT molecular complexity index is 393. The zero-order valence-electron chi connectivity index (χ0n) is 12.9. The van der Waals surface area contributed by atoms with E-state index in [0.29, 0.717) is 12.1 Å². The van der Waals surface area contributed by atoms with Gasteiger partial charge >= 0.3 is 0 Å². The molecule has 4 heteroatoms. The van der Waals surface area contributed by atoms with Gasteiger partial charge in [0.1, 0.15) is 0 Å². The van der Waals surface area contributed by atoms with Crippen molar-refractivity contribution >= 4 is 0 Å². The van der Waals surface area contributed by atoms with E-state index in [1.165, 1.54) is 12.0 Å². The van der Waals surface area contributed by atoms with Crippen LogP contribution in [0.4, 0.5) is 0 Å². The number of rotatable bonds is 6. The second-order valence-corrected chi connectivity index (χ2v) is 5.76. The molecule has 0 saturated carbocycles. The molecule has 4 nitrogen and oxygen atoms in total. The molecule has 0 radical (unpaired) electrons. The first-order valence-electron chi connectivity index (χ1n) is 7.69. The predicted octanol–water partition coefficient (Wildman–Crippen LogP) is 2.19. The molecule has 2 atom stereocenters. The minimum Gasteiger partial charge on any atom is -0.376 e. The van der Waals surface area contributed by atoms with Crippen LogP contribution in [0.3, 0.4) is 0 Å². The van der Waals surface area contributed by atoms with Crippen molar-refractivity contribution < 1.29 is 4.74 Å². The molecule has 20 heavy (non-hydrogen) atoms. The fourth-order valence-corrected chi connectivity index (χ4v) is 2.46. The van der Waals surface area contributed by atoms with Gasteiger partial charge in [0, 0.05) is 31.9 Å². The van der Waals surface area contributed by atoms with E-state index in [1.807, 2.05) is 6.20 Å². The minimum absolute atomic E-state index is 0.323. The number of ether oxygens (including phenoxy) is 1. The molecule has 2 rings (SSSR count). The normalized spacial score (nSPS) is 23.9. The molecule has 0 aliphatic carbocycles. The molecule has 0 spiro atoms. The molecule has 0 bridgehead atoms. The van der Waals surface area contributed by atoms with Crippen molar-refractivity contribution in [3.8, 4) is 0 Å². The third kappa shape index (κ3) is 4.54. The average Bonchev–Trinajstić information content (AvgIpc) is 2.45. The number of aromatic nitrogens is 1. The third-order valence-corrected chi connectivity index (χ3v) is 3.74. The first kappa shape index (κ1) is 15.4. The Morgan fingerprint density at radius 2 is 2.25 bits per heavy atom. The Morgan fingerprint density at radius 1 is 1.40 bits per heavy atom. The highest BCUT2D eigenvalue weighted by Crippen LogP contribution is 2.14. The van der Waals surface area contributed by atoms with E-state index in [9.17, 15) is 0 Å². The second-order valence-electron chi connectivity index (χ2n) is 5.76. The molecule has 0 amide bonds. The Labute approximate surface area is 122 Å². The lowest BCUT2D eigenvalue weighted by molar-refractivity contribution is -0.0530. The van der Waals surface area contributed by atoms with E-state index < -0.39 is 0 Å². The van der Waals surface area contributed by atoms with Crippen LogP contribution < -0.4 is 5.32 Å². The maximum absolute atomic E-state index is 5.66. The molecular formula is C16H27N3O. The van der Waals surface area contributed by atoms with Gasteiger partial charge in [-0.1, -0.05) is 13.0 Å². The van der Waals surface area contributed by atoms with Gasteiger partial charge in [0.2, 0.25) is 0 Å². The van der Waals surface area contributed by atoms with Gasteiger partial charge in [0.15, 0.2) is 0 Å². The summed E-state index contributed by atoms with van der Waals surface area (Å²) >= 11 is 0. The first-order valence-corrected chi connectivity index (χ1v) is 7.69. The third-order valence-electron chi connectivity index (χ3n) is 3.74. The molecular weight excluding hydrogens is 250 g/mol. The predicted molar refractivity (Wildman–Crippen MR) is 81.5 cm³/mol. The van der Waals surface area contributed by atoms with Crippen molar-refractivity contribution in [3.05, 3.63) is 29.6 Å². The Hall–Kier alpha value is -0.970. The second kappa shape index (κ2) is 7.72. The van der Waals surface area contributed by atoms with Gasteiger partial charge in [-0.05, 0) is 38.4 Å². The maximum Gasteiger partial charge on any atom is 0.0674 e. The van der Waals surface area contributed by atoms with Gasteiger partial charge in [-0.25, -0.2) is 0 Å². The van der Waals surface area contributed by atoms with Crippen LogP contribution >= 0.6 is 0 Å². The summed E-state index contributed by atoms with van der Waals surface area (Å²) in [6, 6.07) is 4.80. The molecule has 2 heterocycles. The summed E-state index contributed by atoms with van der Waals surface area (Å²) in [7, 11) is 0. The number of morpholine rings is 1. The van der Waals surface area contributed by atoms with Gasteiger partial charge in [-0.15, -0.1) is 0 Å². The molecule has 1 aliphatic heterocycles. The van der Waals surface area contributed by atoms with E-state index in [-0.39, 0.29) is 0 Å². The van der Waals surface area contributed by atoms with Gasteiger partial charge < -0.3 is 10.1 Å². The average molecular weight is 277 g/mol. The van der Waals surface area contributed by atoms with E-state index >= 15 is 0 Å². The Morgan fingerprint density at radius 3 is 2.95 bits per heavy atom. The SMILES string of the molecule is CCCNCc1ccc(CN2CC(C)OCC2C)nc1. The summed E-state index contributed by atoms with van der Waals surface area (Å²) in [5.41, 5.74) is 2.40. The van der Waals surface area contributed by atoms with Crippen LogP contribution in [0.2, 0.25) is 0 Å². The lowest BCUT2D eigenvalue weighted by Crippen LogP contribution is -2.46. The Balaban J connectivity index is 1.86. The quantitative estimate of drug-likeness (QED) is 0.809. The summed E-state index contributed by atoms with van der Waals surface area (Å²) in [5, 5.41) is 3.40. The van der Waals surface area contributed by atoms with Gasteiger partial charge in [-0.3, -0.25) is 9.88 Å². The van der Waals surface area contributed by atoms with Crippen LogP contribution in [0.25, 0.3) is 0 Å². The smallest absolute Gasteiger partial charge is 0.0674 e. The molecule has 1 aliphatic rings. The van der Waals surface area contributed by atoms with Crippen molar-refractivity contribution in [2.24, 2.45) is 0 Å². The monoisotopic (exact) mass is 277 g/mol. The van der Waals surface area contributed by atoms with E-state index in [4.69, 9.17) is 4.74 Å². The molecule has 1 saturated heterocycles. The molecule has 112 valence electrons. The van der Waals surface area contributed by atoms with Crippen LogP contribution in [0.5, 0.6) is 0 Å². The number of nitrogens with zero attached hydrogens (tertiary/aromatic N) is 2. The van der Waals surface area contributed by atoms with E-state index in [2.05, 4.69) is 48.1 Å². The van der Waals surface area contributed by atoms with Gasteiger partial charge in [-0.2, -0.15) is 0 Å².